The van der Waals surface area contributed by atoms with Crippen LogP contribution < -0.4 is 10.6 Å². The second-order valence-corrected chi connectivity index (χ2v) is 12.8. The maximum absolute atomic E-state index is 4.82. The van der Waals surface area contributed by atoms with Crippen LogP contribution in [0.4, 0.5) is 0 Å². The Bertz CT molecular complexity index is 1550. The summed E-state index contributed by atoms with van der Waals surface area (Å²) in [4.78, 5) is 19.4. The summed E-state index contributed by atoms with van der Waals surface area (Å²) in [5.74, 6) is 3.52. The highest BCUT2D eigenvalue weighted by molar-refractivity contribution is 5.80. The van der Waals surface area contributed by atoms with Gasteiger partial charge < -0.3 is 20.6 Å². The van der Waals surface area contributed by atoms with Crippen molar-refractivity contribution in [2.24, 2.45) is 11.8 Å². The topological polar surface area (TPSA) is 84.7 Å². The number of nitrogens with zero attached hydrogens (tertiary/aromatic N) is 3. The molecule has 0 saturated carbocycles. The number of rotatable bonds is 5. The predicted octanol–water partition coefficient (Wildman–Crippen LogP) is 6.30. The van der Waals surface area contributed by atoms with E-state index >= 15 is 0 Å². The molecular formula is C33H39N7. The number of benzene rings is 2. The quantitative estimate of drug-likeness (QED) is 0.242. The van der Waals surface area contributed by atoms with Crippen molar-refractivity contribution in [3.63, 3.8) is 0 Å². The van der Waals surface area contributed by atoms with Crippen molar-refractivity contribution in [3.8, 4) is 33.6 Å². The van der Waals surface area contributed by atoms with Gasteiger partial charge in [0, 0.05) is 17.6 Å². The highest BCUT2D eigenvalue weighted by Gasteiger charge is 2.44. The third kappa shape index (κ3) is 3.90. The Kier molecular flexibility index (Phi) is 5.76. The van der Waals surface area contributed by atoms with Gasteiger partial charge in [0.2, 0.25) is 0 Å². The Morgan fingerprint density at radius 3 is 1.80 bits per heavy atom. The van der Waals surface area contributed by atoms with Crippen LogP contribution in [-0.4, -0.2) is 45.0 Å². The molecule has 40 heavy (non-hydrogen) atoms. The molecule has 6 atom stereocenters. The van der Waals surface area contributed by atoms with Gasteiger partial charge >= 0.3 is 0 Å². The summed E-state index contributed by atoms with van der Waals surface area (Å²) in [7, 11) is 2.30. The van der Waals surface area contributed by atoms with Gasteiger partial charge in [-0.2, -0.15) is 0 Å². The Morgan fingerprint density at radius 2 is 1.20 bits per heavy atom. The fourth-order valence-electron chi connectivity index (χ4n) is 7.86. The average Bonchev–Trinajstić information content (AvgIpc) is 3.81. The highest BCUT2D eigenvalue weighted by Crippen LogP contribution is 2.57. The lowest BCUT2D eigenvalue weighted by Crippen LogP contribution is -2.14. The molecule has 4 aliphatic heterocycles. The van der Waals surface area contributed by atoms with Crippen molar-refractivity contribution >= 4 is 0 Å². The Balaban J connectivity index is 1.12. The van der Waals surface area contributed by atoms with Crippen molar-refractivity contribution in [3.05, 3.63) is 71.6 Å². The van der Waals surface area contributed by atoms with E-state index in [0.29, 0.717) is 36.0 Å². The zero-order valence-corrected chi connectivity index (χ0v) is 23.7. The number of hydrogen-bond acceptors (Lipinski definition) is 5. The van der Waals surface area contributed by atoms with Crippen LogP contribution in [0.3, 0.4) is 0 Å². The molecule has 2 bridgehead atoms. The van der Waals surface area contributed by atoms with Crippen molar-refractivity contribution in [2.75, 3.05) is 20.1 Å². The molecule has 2 unspecified atom stereocenters. The lowest BCUT2D eigenvalue weighted by molar-refractivity contribution is 0.280. The van der Waals surface area contributed by atoms with Gasteiger partial charge in [-0.05, 0) is 85.5 Å². The van der Waals surface area contributed by atoms with Crippen LogP contribution in [0.25, 0.3) is 33.6 Å². The largest absolute Gasteiger partial charge is 0.341 e. The van der Waals surface area contributed by atoms with E-state index in [1.54, 1.807) is 0 Å². The molecule has 2 aromatic heterocycles. The first-order chi connectivity index (χ1) is 19.5. The van der Waals surface area contributed by atoms with Crippen LogP contribution in [-0.2, 0) is 0 Å². The fraction of sp³-hybridized carbons (Fsp3) is 0.455. The number of fused-ring (bicyclic) bond motifs is 5. The molecule has 0 radical (unpaired) electrons. The zero-order valence-electron chi connectivity index (χ0n) is 23.7. The van der Waals surface area contributed by atoms with Crippen LogP contribution in [0.1, 0.15) is 86.5 Å². The highest BCUT2D eigenvalue weighted by atomic mass is 15.2. The van der Waals surface area contributed by atoms with Gasteiger partial charge in [-0.15, -0.1) is 0 Å². The molecule has 0 amide bonds. The molecule has 8 rings (SSSR count). The summed E-state index contributed by atoms with van der Waals surface area (Å²) in [5.41, 5.74) is 10.4. The smallest absolute Gasteiger partial charge is 0.123 e. The van der Waals surface area contributed by atoms with Crippen LogP contribution >= 0.6 is 0 Å². The molecular weight excluding hydrogens is 494 g/mol. The van der Waals surface area contributed by atoms with Crippen molar-refractivity contribution in [1.29, 1.82) is 0 Å². The molecule has 4 N–H and O–H groups in total. The van der Waals surface area contributed by atoms with Crippen molar-refractivity contribution in [1.82, 2.24) is 35.5 Å². The minimum atomic E-state index is 0.331. The van der Waals surface area contributed by atoms with E-state index in [0.717, 1.165) is 49.0 Å². The first-order valence-electron chi connectivity index (χ1n) is 15.1. The summed E-state index contributed by atoms with van der Waals surface area (Å²) in [6.07, 6.45) is 8.77. The minimum Gasteiger partial charge on any atom is -0.341 e. The number of imidazole rings is 2. The number of hydrogen-bond donors (Lipinski definition) is 4. The molecule has 7 nitrogen and oxygen atoms in total. The molecule has 0 spiro atoms. The molecule has 4 aliphatic rings. The lowest BCUT2D eigenvalue weighted by Gasteiger charge is -2.21. The molecule has 3 fully saturated rings. The summed E-state index contributed by atoms with van der Waals surface area (Å²) >= 11 is 0. The first-order valence-corrected chi connectivity index (χ1v) is 15.1. The molecule has 7 heteroatoms. The minimum absolute atomic E-state index is 0.331. The number of nitrogens with one attached hydrogen (secondary N) is 4. The average molecular weight is 534 g/mol. The Labute approximate surface area is 236 Å². The summed E-state index contributed by atoms with van der Waals surface area (Å²) in [5, 5.41) is 7.21. The van der Waals surface area contributed by atoms with Crippen LogP contribution in [0.15, 0.2) is 48.8 Å². The third-order valence-corrected chi connectivity index (χ3v) is 10.0. The number of H-pyrrole nitrogens is 2. The van der Waals surface area contributed by atoms with Gasteiger partial charge in [0.1, 0.15) is 11.6 Å². The van der Waals surface area contributed by atoms with E-state index < -0.39 is 0 Å². The number of aromatic nitrogens is 4. The predicted molar refractivity (Wildman–Crippen MR) is 159 cm³/mol. The lowest BCUT2D eigenvalue weighted by atomic mass is 9.82. The Hall–Kier alpha value is -3.26. The van der Waals surface area contributed by atoms with Gasteiger partial charge in [-0.25, -0.2) is 9.97 Å². The first kappa shape index (κ1) is 24.5. The van der Waals surface area contributed by atoms with E-state index in [2.05, 4.69) is 89.0 Å². The van der Waals surface area contributed by atoms with Gasteiger partial charge in [0.25, 0.3) is 0 Å². The molecule has 206 valence electrons. The third-order valence-electron chi connectivity index (χ3n) is 10.0. The van der Waals surface area contributed by atoms with E-state index in [4.69, 9.17) is 9.97 Å². The number of aromatic amines is 2. The Morgan fingerprint density at radius 1 is 0.675 bits per heavy atom. The zero-order chi connectivity index (χ0) is 27.0. The maximum atomic E-state index is 4.82. The van der Waals surface area contributed by atoms with E-state index in [1.807, 2.05) is 6.20 Å². The van der Waals surface area contributed by atoms with E-state index in [1.165, 1.54) is 46.2 Å². The second kappa shape index (κ2) is 9.40. The van der Waals surface area contributed by atoms with Crippen molar-refractivity contribution < 1.29 is 0 Å². The molecule has 4 aromatic rings. The monoisotopic (exact) mass is 533 g/mol. The summed E-state index contributed by atoms with van der Waals surface area (Å²) in [6.45, 7) is 6.73. The van der Waals surface area contributed by atoms with Crippen LogP contribution in [0.2, 0.25) is 0 Å². The summed E-state index contributed by atoms with van der Waals surface area (Å²) < 4.78 is 0. The molecule has 0 aliphatic carbocycles. The van der Waals surface area contributed by atoms with Gasteiger partial charge in [-0.3, -0.25) is 4.90 Å². The SMILES string of the molecule is C[C@H]1CN[C@H](c2ncc(-c3ccc(-c4ccc(-c5cnc([C@@H]6C[C@@H](C)CN6)[nH]5)c5c4C4CCC5N4C)cc3)[nH]2)C1. The van der Waals surface area contributed by atoms with Gasteiger partial charge in [-0.1, -0.05) is 50.2 Å². The maximum Gasteiger partial charge on any atom is 0.123 e. The van der Waals surface area contributed by atoms with Crippen LogP contribution in [0.5, 0.6) is 0 Å². The molecule has 2 aromatic carbocycles. The van der Waals surface area contributed by atoms with E-state index in [-0.39, 0.29) is 0 Å². The van der Waals surface area contributed by atoms with Gasteiger partial charge in [0.05, 0.1) is 35.9 Å². The van der Waals surface area contributed by atoms with Gasteiger partial charge in [0.15, 0.2) is 0 Å². The fourth-order valence-corrected chi connectivity index (χ4v) is 7.86. The molecule has 6 heterocycles. The normalized spacial score (nSPS) is 29.5. The van der Waals surface area contributed by atoms with Crippen molar-refractivity contribution in [2.45, 2.75) is 63.7 Å². The van der Waals surface area contributed by atoms with E-state index in [9.17, 15) is 0 Å². The summed E-state index contributed by atoms with van der Waals surface area (Å²) in [6, 6.07) is 15.3. The van der Waals surface area contributed by atoms with Crippen LogP contribution in [0, 0.1) is 11.8 Å². The standard InChI is InChI=1S/C33H39N7/c1-18-12-24(34-14-18)32-36-16-26(38-32)21-6-4-20(5-7-21)22-8-9-23(31-29-11-10-28(30(22)31)40(29)3)27-17-37-33(39-27)25-13-19(2)15-35-25/h4-9,16-19,24-25,28-29,34-35H,10-15H2,1-3H3,(H,36,38)(H,37,39)/t18-,19-,24+,25+,28?,29?/m1/s1. The molecule has 3 saturated heterocycles. The second-order valence-electron chi connectivity index (χ2n) is 12.8.